The Bertz CT molecular complexity index is 411. The van der Waals surface area contributed by atoms with Crippen molar-refractivity contribution in [2.75, 3.05) is 6.26 Å². The van der Waals surface area contributed by atoms with Gasteiger partial charge in [-0.15, -0.1) is 0 Å². The van der Waals surface area contributed by atoms with Crippen molar-refractivity contribution in [1.82, 2.24) is 4.98 Å². The summed E-state index contributed by atoms with van der Waals surface area (Å²) in [5.74, 6) is 0.285. The van der Waals surface area contributed by atoms with Crippen molar-refractivity contribution in [2.45, 2.75) is 13.8 Å². The van der Waals surface area contributed by atoms with Crippen LogP contribution in [0.2, 0.25) is 0 Å². The number of aromatic nitrogens is 1. The molecule has 0 aliphatic rings. The molecule has 0 aliphatic carbocycles. The first-order valence-corrected chi connectivity index (χ1v) is 5.54. The molecule has 1 rings (SSSR count). The summed E-state index contributed by atoms with van der Waals surface area (Å²) in [6, 6.07) is 3.30. The summed E-state index contributed by atoms with van der Waals surface area (Å²) in [4.78, 5) is 4.07. The average molecular weight is 201 g/mol. The van der Waals surface area contributed by atoms with E-state index in [-0.39, 0.29) is 5.75 Å². The summed E-state index contributed by atoms with van der Waals surface area (Å²) in [6.45, 7) is 3.53. The fourth-order valence-corrected chi connectivity index (χ4v) is 1.43. The van der Waals surface area contributed by atoms with Crippen LogP contribution in [-0.2, 0) is 10.1 Å². The molecule has 0 aliphatic heterocycles. The Morgan fingerprint density at radius 3 is 2.38 bits per heavy atom. The Hall–Kier alpha value is -1.10. The van der Waals surface area contributed by atoms with Crippen LogP contribution in [0.1, 0.15) is 11.4 Å². The predicted octanol–water partition coefficient (Wildman–Crippen LogP) is 1.04. The fraction of sp³-hybridized carbons (Fsp3) is 0.375. The summed E-state index contributed by atoms with van der Waals surface area (Å²) < 4.78 is 26.3. The van der Waals surface area contributed by atoms with Crippen LogP contribution in [0.25, 0.3) is 0 Å². The van der Waals surface area contributed by atoms with E-state index in [1.807, 2.05) is 6.92 Å². The summed E-state index contributed by atoms with van der Waals surface area (Å²) in [5, 5.41) is 0. The van der Waals surface area contributed by atoms with Gasteiger partial charge in [-0.1, -0.05) is 0 Å². The average Bonchev–Trinajstić information content (AvgIpc) is 1.93. The number of nitrogens with zero attached hydrogens (tertiary/aromatic N) is 1. The van der Waals surface area contributed by atoms with Crippen molar-refractivity contribution < 1.29 is 12.6 Å². The molecule has 0 bridgehead atoms. The zero-order valence-corrected chi connectivity index (χ0v) is 8.55. The van der Waals surface area contributed by atoms with E-state index in [0.29, 0.717) is 5.69 Å². The quantitative estimate of drug-likeness (QED) is 0.671. The third kappa shape index (κ3) is 3.02. The van der Waals surface area contributed by atoms with Crippen molar-refractivity contribution >= 4 is 10.1 Å². The first-order chi connectivity index (χ1) is 5.88. The molecule has 0 aromatic carbocycles. The molecule has 0 N–H and O–H groups in total. The van der Waals surface area contributed by atoms with E-state index in [4.69, 9.17) is 4.18 Å². The Labute approximate surface area is 77.7 Å². The molecule has 1 aromatic rings. The highest BCUT2D eigenvalue weighted by Gasteiger charge is 2.07. The fourth-order valence-electron chi connectivity index (χ4n) is 0.925. The second-order valence-corrected chi connectivity index (χ2v) is 4.40. The molecule has 13 heavy (non-hydrogen) atoms. The lowest BCUT2D eigenvalue weighted by Crippen LogP contribution is -2.07. The van der Waals surface area contributed by atoms with Gasteiger partial charge < -0.3 is 4.18 Å². The van der Waals surface area contributed by atoms with E-state index in [2.05, 4.69) is 4.98 Å². The first-order valence-electron chi connectivity index (χ1n) is 3.72. The van der Waals surface area contributed by atoms with Crippen LogP contribution in [0, 0.1) is 13.8 Å². The molecular formula is C8H11NO3S. The van der Waals surface area contributed by atoms with E-state index in [0.717, 1.165) is 11.9 Å². The molecule has 1 aromatic heterocycles. The smallest absolute Gasteiger partial charge is 0.306 e. The van der Waals surface area contributed by atoms with E-state index >= 15 is 0 Å². The van der Waals surface area contributed by atoms with E-state index in [9.17, 15) is 8.42 Å². The number of hydrogen-bond donors (Lipinski definition) is 0. The number of pyridine rings is 1. The molecule has 0 saturated carbocycles. The molecule has 0 saturated heterocycles. The minimum atomic E-state index is -3.45. The van der Waals surface area contributed by atoms with Crippen molar-refractivity contribution in [3.63, 3.8) is 0 Å². The maximum Gasteiger partial charge on any atom is 0.306 e. The third-order valence-corrected chi connectivity index (χ3v) is 1.90. The molecule has 0 spiro atoms. The minimum absolute atomic E-state index is 0.285. The lowest BCUT2D eigenvalue weighted by Gasteiger charge is -2.05. The zero-order valence-electron chi connectivity index (χ0n) is 7.73. The summed E-state index contributed by atoms with van der Waals surface area (Å²) in [7, 11) is -3.45. The van der Waals surface area contributed by atoms with Crippen molar-refractivity contribution in [1.29, 1.82) is 0 Å². The lowest BCUT2D eigenvalue weighted by atomic mass is 10.3. The molecule has 0 fully saturated rings. The Morgan fingerprint density at radius 2 is 1.92 bits per heavy atom. The van der Waals surface area contributed by atoms with Gasteiger partial charge in [0.05, 0.1) is 11.9 Å². The lowest BCUT2D eigenvalue weighted by molar-refractivity contribution is 0.489. The van der Waals surface area contributed by atoms with Gasteiger partial charge in [-0.25, -0.2) is 0 Å². The molecule has 5 heteroatoms. The maximum absolute atomic E-state index is 10.8. The Morgan fingerprint density at radius 1 is 1.31 bits per heavy atom. The van der Waals surface area contributed by atoms with Gasteiger partial charge in [-0.05, 0) is 26.0 Å². The molecule has 4 nitrogen and oxygen atoms in total. The van der Waals surface area contributed by atoms with Gasteiger partial charge in [0.1, 0.15) is 0 Å². The molecule has 0 unspecified atom stereocenters. The summed E-state index contributed by atoms with van der Waals surface area (Å²) in [5.41, 5.74) is 1.41. The van der Waals surface area contributed by atoms with Crippen LogP contribution in [-0.4, -0.2) is 19.7 Å². The second-order valence-electron chi connectivity index (χ2n) is 2.82. The highest BCUT2D eigenvalue weighted by atomic mass is 32.2. The van der Waals surface area contributed by atoms with E-state index in [1.165, 1.54) is 0 Å². The largest absolute Gasteiger partial charge is 0.381 e. The van der Waals surface area contributed by atoms with Gasteiger partial charge in [0.15, 0.2) is 5.75 Å². The Balaban J connectivity index is 3.04. The van der Waals surface area contributed by atoms with Gasteiger partial charge in [0.25, 0.3) is 0 Å². The van der Waals surface area contributed by atoms with E-state index in [1.54, 1.807) is 19.1 Å². The van der Waals surface area contributed by atoms with Gasteiger partial charge in [-0.3, -0.25) is 4.98 Å². The van der Waals surface area contributed by atoms with Crippen molar-refractivity contribution in [3.8, 4) is 5.75 Å². The normalized spacial score (nSPS) is 11.3. The third-order valence-electron chi connectivity index (χ3n) is 1.42. The zero-order chi connectivity index (χ0) is 10.1. The van der Waals surface area contributed by atoms with Gasteiger partial charge in [0, 0.05) is 5.69 Å². The van der Waals surface area contributed by atoms with Crippen molar-refractivity contribution in [3.05, 3.63) is 23.5 Å². The van der Waals surface area contributed by atoms with Gasteiger partial charge in [0.2, 0.25) is 0 Å². The summed E-state index contributed by atoms with van der Waals surface area (Å²) in [6.07, 6.45) is 1.01. The van der Waals surface area contributed by atoms with Crippen LogP contribution >= 0.6 is 0 Å². The maximum atomic E-state index is 10.8. The van der Waals surface area contributed by atoms with Gasteiger partial charge >= 0.3 is 10.1 Å². The molecule has 72 valence electrons. The SMILES string of the molecule is Cc1ccc(OS(C)(=O)=O)c(C)n1. The monoisotopic (exact) mass is 201 g/mol. The van der Waals surface area contributed by atoms with Crippen molar-refractivity contribution in [2.24, 2.45) is 0 Å². The highest BCUT2D eigenvalue weighted by Crippen LogP contribution is 2.16. The number of hydrogen-bond acceptors (Lipinski definition) is 4. The molecule has 0 amide bonds. The van der Waals surface area contributed by atoms with Crippen LogP contribution < -0.4 is 4.18 Å². The Kier molecular flexibility index (Phi) is 2.56. The van der Waals surface area contributed by atoms with Crippen LogP contribution in [0.5, 0.6) is 5.75 Å². The second kappa shape index (κ2) is 3.33. The standard InChI is InChI=1S/C8H11NO3S/c1-6-4-5-8(7(2)9-6)12-13(3,10)11/h4-5H,1-3H3. The molecule has 1 heterocycles. The number of rotatable bonds is 2. The van der Waals surface area contributed by atoms with Crippen LogP contribution in [0.4, 0.5) is 0 Å². The first kappa shape index (κ1) is 9.98. The van der Waals surface area contributed by atoms with Crippen LogP contribution in [0.3, 0.4) is 0 Å². The van der Waals surface area contributed by atoms with E-state index < -0.39 is 10.1 Å². The minimum Gasteiger partial charge on any atom is -0.381 e. The molecule has 0 atom stereocenters. The van der Waals surface area contributed by atoms with Crippen LogP contribution in [0.15, 0.2) is 12.1 Å². The predicted molar refractivity (Wildman–Crippen MR) is 49.2 cm³/mol. The topological polar surface area (TPSA) is 56.3 Å². The van der Waals surface area contributed by atoms with Gasteiger partial charge in [-0.2, -0.15) is 8.42 Å². The highest BCUT2D eigenvalue weighted by molar-refractivity contribution is 7.86. The molecular weight excluding hydrogens is 190 g/mol. The number of aryl methyl sites for hydroxylation is 2. The molecule has 0 radical (unpaired) electrons. The summed E-state index contributed by atoms with van der Waals surface area (Å²) >= 11 is 0.